The summed E-state index contributed by atoms with van der Waals surface area (Å²) in [5.41, 5.74) is 8.40. The van der Waals surface area contributed by atoms with Crippen molar-refractivity contribution in [2.24, 2.45) is 5.11 Å². The number of unbranched alkanes of at least 4 members (excludes halogenated alkanes) is 3. The molecule has 49 heavy (non-hydrogen) atoms. The minimum Gasteiger partial charge on any atom is -0.465 e. The van der Waals surface area contributed by atoms with Gasteiger partial charge in [-0.1, -0.05) is 83.9 Å². The van der Waals surface area contributed by atoms with Crippen molar-refractivity contribution in [2.75, 3.05) is 19.6 Å². The fraction of sp³-hybridized carbons (Fsp3) is 0.333. The Hall–Kier alpha value is -5.31. The second-order valence-electron chi connectivity index (χ2n) is 10.5. The molecule has 0 saturated carbocycles. The number of azide groups is 1. The average Bonchev–Trinajstić information content (AvgIpc) is 3.83. The van der Waals surface area contributed by atoms with Gasteiger partial charge in [0.2, 0.25) is 5.91 Å². The molecule has 0 aliphatic carbocycles. The molecular weight excluding hydrogens is 618 g/mol. The van der Waals surface area contributed by atoms with Crippen LogP contribution in [0.5, 0.6) is 11.5 Å². The third-order valence-electron chi connectivity index (χ3n) is 6.67. The first kappa shape index (κ1) is 41.7. The molecule has 0 atom stereocenters. The van der Waals surface area contributed by atoms with Gasteiger partial charge in [-0.05, 0) is 110 Å². The van der Waals surface area contributed by atoms with Gasteiger partial charge in [0, 0.05) is 11.1 Å². The number of para-hydroxylation sites is 2. The predicted octanol–water partition coefficient (Wildman–Crippen LogP) is 11.1. The van der Waals surface area contributed by atoms with E-state index in [0.717, 1.165) is 17.6 Å². The molecule has 0 unspecified atom stereocenters. The van der Waals surface area contributed by atoms with Gasteiger partial charge < -0.3 is 23.5 Å². The van der Waals surface area contributed by atoms with Crippen molar-refractivity contribution in [3.8, 4) is 11.5 Å². The third-order valence-corrected chi connectivity index (χ3v) is 6.67. The highest BCUT2D eigenvalue weighted by molar-refractivity contribution is 5.91. The normalized spacial score (nSPS) is 9.96. The van der Waals surface area contributed by atoms with Crippen LogP contribution in [0.4, 0.5) is 0 Å². The quantitative estimate of drug-likeness (QED) is 0.0573. The van der Waals surface area contributed by atoms with Crippen molar-refractivity contribution in [3.05, 3.63) is 136 Å². The van der Waals surface area contributed by atoms with E-state index in [9.17, 15) is 9.59 Å². The molecule has 5 aromatic rings. The molecule has 1 amide bonds. The number of ether oxygens (including phenoxy) is 1. The largest absolute Gasteiger partial charge is 0.465 e. The van der Waals surface area contributed by atoms with Gasteiger partial charge in [0.1, 0.15) is 22.8 Å². The Morgan fingerprint density at radius 2 is 1.39 bits per heavy atom. The number of nitrogens with one attached hydrogen (secondary N) is 1. The van der Waals surface area contributed by atoms with Crippen molar-refractivity contribution < 1.29 is 18.4 Å². The van der Waals surface area contributed by atoms with Crippen LogP contribution in [0.25, 0.3) is 27.5 Å². The van der Waals surface area contributed by atoms with Crippen LogP contribution in [-0.2, 0) is 4.79 Å². The smallest absolute Gasteiger partial charge is 0.259 e. The minimum atomic E-state index is -0.645. The van der Waals surface area contributed by atoms with E-state index in [-0.39, 0.29) is 13.0 Å². The SMILES string of the molecule is C.CCCCN(CCCC)CCCC.O=c1[nH]ccc2occc12.[N-]=[N+]=NC(=O)/C=C/c1ccco1.c1ccc(Oc2ccccc2)cc1. The first-order valence-electron chi connectivity index (χ1n) is 16.4. The summed E-state index contributed by atoms with van der Waals surface area (Å²) in [5.74, 6) is 1.63. The second kappa shape index (κ2) is 26.7. The third kappa shape index (κ3) is 18.6. The number of fused-ring (bicyclic) bond motifs is 1. The van der Waals surface area contributed by atoms with E-state index < -0.39 is 5.91 Å². The number of carbonyl (C=O) groups is 1. The molecule has 0 fully saturated rings. The fourth-order valence-corrected chi connectivity index (χ4v) is 4.12. The molecule has 10 nitrogen and oxygen atoms in total. The monoisotopic (exact) mass is 669 g/mol. The van der Waals surface area contributed by atoms with Gasteiger partial charge >= 0.3 is 0 Å². The Balaban J connectivity index is 0.000000326. The molecule has 0 radical (unpaired) electrons. The van der Waals surface area contributed by atoms with Gasteiger partial charge in [0.15, 0.2) is 0 Å². The highest BCUT2D eigenvalue weighted by Gasteiger charge is 2.02. The van der Waals surface area contributed by atoms with Crippen LogP contribution in [0.3, 0.4) is 0 Å². The second-order valence-corrected chi connectivity index (χ2v) is 10.5. The molecular formula is C39H51N5O5. The lowest BCUT2D eigenvalue weighted by Gasteiger charge is -2.21. The van der Waals surface area contributed by atoms with Crippen LogP contribution in [-0.4, -0.2) is 35.4 Å². The number of furan rings is 2. The summed E-state index contributed by atoms with van der Waals surface area (Å²) in [5, 5.41) is 3.44. The minimum absolute atomic E-state index is 0. The maximum absolute atomic E-state index is 10.9. The topological polar surface area (TPSA) is 137 Å². The zero-order valence-corrected chi connectivity index (χ0v) is 28.2. The van der Waals surface area contributed by atoms with Gasteiger partial charge in [0.25, 0.3) is 5.56 Å². The molecule has 3 heterocycles. The summed E-state index contributed by atoms with van der Waals surface area (Å²) in [4.78, 5) is 29.0. The summed E-state index contributed by atoms with van der Waals surface area (Å²) in [7, 11) is 0. The van der Waals surface area contributed by atoms with Crippen molar-refractivity contribution in [3.63, 3.8) is 0 Å². The number of nitrogens with zero attached hydrogens (tertiary/aromatic N) is 4. The standard InChI is InChI=1S/C12H27N.C12H10O.C7H5N3O2.C7H5NO2.CH4/c1-4-7-10-13(11-8-5-2)12-9-6-3;1-3-7-11(8-4-1)13-12-9-5-2-6-10-12;8-10-9-7(11)4-3-6-2-1-5-12-6;9-7-5-2-4-10-6(5)1-3-8-7;/h4-12H2,1-3H3;1-10H;1-5H;1-4H,(H,8,9);1H4/b;;4-3+;;. The number of amides is 1. The van der Waals surface area contributed by atoms with E-state index in [4.69, 9.17) is 19.1 Å². The van der Waals surface area contributed by atoms with E-state index in [2.05, 4.69) is 40.7 Å². The number of carbonyl (C=O) groups excluding carboxylic acids is 1. The Morgan fingerprint density at radius 1 is 0.816 bits per heavy atom. The lowest BCUT2D eigenvalue weighted by Crippen LogP contribution is -2.27. The van der Waals surface area contributed by atoms with E-state index in [1.54, 1.807) is 30.5 Å². The highest BCUT2D eigenvalue weighted by atomic mass is 16.5. The Kier molecular flexibility index (Phi) is 22.8. The number of hydrogen-bond acceptors (Lipinski definition) is 6. The first-order chi connectivity index (χ1) is 23.5. The van der Waals surface area contributed by atoms with Crippen LogP contribution in [0.15, 0.2) is 128 Å². The molecule has 0 spiro atoms. The highest BCUT2D eigenvalue weighted by Crippen LogP contribution is 2.19. The summed E-state index contributed by atoms with van der Waals surface area (Å²) < 4.78 is 15.4. The number of aromatic amines is 1. The van der Waals surface area contributed by atoms with Gasteiger partial charge in [-0.2, -0.15) is 0 Å². The maximum Gasteiger partial charge on any atom is 0.259 e. The number of rotatable bonds is 13. The molecule has 10 heteroatoms. The van der Waals surface area contributed by atoms with Gasteiger partial charge in [-0.3, -0.25) is 9.59 Å². The maximum atomic E-state index is 10.9. The van der Waals surface area contributed by atoms with Gasteiger partial charge in [-0.25, -0.2) is 0 Å². The van der Waals surface area contributed by atoms with Crippen LogP contribution in [0, 0.1) is 0 Å². The zero-order chi connectivity index (χ0) is 34.7. The Bertz CT molecular complexity index is 1600. The van der Waals surface area contributed by atoms with Crippen LogP contribution >= 0.6 is 0 Å². The van der Waals surface area contributed by atoms with Crippen LogP contribution in [0.2, 0.25) is 0 Å². The number of aromatic nitrogens is 1. The number of H-pyrrole nitrogens is 1. The van der Waals surface area contributed by atoms with E-state index in [1.807, 2.05) is 60.7 Å². The molecule has 262 valence electrons. The van der Waals surface area contributed by atoms with E-state index in [0.29, 0.717) is 16.7 Å². The van der Waals surface area contributed by atoms with Crippen molar-refractivity contribution in [1.29, 1.82) is 0 Å². The fourth-order valence-electron chi connectivity index (χ4n) is 4.12. The molecule has 0 bridgehead atoms. The Morgan fingerprint density at radius 3 is 1.86 bits per heavy atom. The molecule has 1 N–H and O–H groups in total. The summed E-state index contributed by atoms with van der Waals surface area (Å²) >= 11 is 0. The van der Waals surface area contributed by atoms with Gasteiger partial charge in [-0.15, -0.1) is 0 Å². The van der Waals surface area contributed by atoms with E-state index in [1.165, 1.54) is 76.8 Å². The molecule has 0 saturated heterocycles. The van der Waals surface area contributed by atoms with Crippen molar-refractivity contribution in [1.82, 2.24) is 9.88 Å². The molecule has 5 rings (SSSR count). The summed E-state index contributed by atoms with van der Waals surface area (Å²) in [6.45, 7) is 10.8. The van der Waals surface area contributed by atoms with E-state index >= 15 is 0 Å². The summed E-state index contributed by atoms with van der Waals surface area (Å²) in [6.07, 6.45) is 15.2. The molecule has 0 aliphatic rings. The first-order valence-corrected chi connectivity index (χ1v) is 16.4. The predicted molar refractivity (Wildman–Crippen MR) is 200 cm³/mol. The van der Waals surface area contributed by atoms with Crippen LogP contribution in [0.1, 0.15) is 72.5 Å². The number of pyridine rings is 1. The molecule has 2 aromatic carbocycles. The van der Waals surface area contributed by atoms with Crippen molar-refractivity contribution in [2.45, 2.75) is 66.7 Å². The summed E-state index contributed by atoms with van der Waals surface area (Å²) in [6, 6.07) is 26.3. The zero-order valence-electron chi connectivity index (χ0n) is 28.2. The lowest BCUT2D eigenvalue weighted by molar-refractivity contribution is -0.113. The lowest BCUT2D eigenvalue weighted by atomic mass is 10.2. The van der Waals surface area contributed by atoms with Crippen LogP contribution < -0.4 is 10.3 Å². The Labute approximate surface area is 290 Å². The number of hydrogen-bond donors (Lipinski definition) is 1. The molecule has 3 aromatic heterocycles. The van der Waals surface area contributed by atoms with Gasteiger partial charge in [0.05, 0.1) is 17.9 Å². The molecule has 0 aliphatic heterocycles. The average molecular weight is 670 g/mol. The number of benzene rings is 2. The van der Waals surface area contributed by atoms with Crippen molar-refractivity contribution >= 4 is 23.0 Å².